The number of nitrogens with zero attached hydrogens (tertiary/aromatic N) is 4. The summed E-state index contributed by atoms with van der Waals surface area (Å²) >= 11 is 0. The van der Waals surface area contributed by atoms with Gasteiger partial charge in [0, 0.05) is 48.8 Å². The van der Waals surface area contributed by atoms with Crippen molar-refractivity contribution in [1.82, 2.24) is 9.88 Å². The maximum Gasteiger partial charge on any atom is 0.118 e. The van der Waals surface area contributed by atoms with Crippen LogP contribution in [0.2, 0.25) is 0 Å². The zero-order valence-electron chi connectivity index (χ0n) is 19.9. The third-order valence-electron chi connectivity index (χ3n) is 5.84. The van der Waals surface area contributed by atoms with Gasteiger partial charge >= 0.3 is 0 Å². The van der Waals surface area contributed by atoms with Gasteiger partial charge in [-0.2, -0.15) is 5.26 Å². The fraction of sp³-hybridized carbons (Fsp3) is 0.444. The number of aromatic nitrogens is 1. The van der Waals surface area contributed by atoms with E-state index in [-0.39, 0.29) is 0 Å². The number of aliphatic imine (C=N–C) groups is 1. The van der Waals surface area contributed by atoms with Crippen molar-refractivity contribution in [1.29, 1.82) is 5.26 Å². The van der Waals surface area contributed by atoms with Crippen LogP contribution in [0.15, 0.2) is 59.3 Å². The molecule has 0 atom stereocenters. The van der Waals surface area contributed by atoms with Gasteiger partial charge in [0.15, 0.2) is 0 Å². The number of allylic oxidation sites excluding steroid dienone is 5. The highest BCUT2D eigenvalue weighted by molar-refractivity contribution is 5.79. The minimum Gasteiger partial charge on any atom is -0.371 e. The molecule has 0 aromatic carbocycles. The van der Waals surface area contributed by atoms with Gasteiger partial charge in [0.1, 0.15) is 5.67 Å². The average Bonchev–Trinajstić information content (AvgIpc) is 2.81. The molecular formula is C27H35FN4. The Hall–Kier alpha value is -3.00. The van der Waals surface area contributed by atoms with Gasteiger partial charge in [0.2, 0.25) is 0 Å². The minimum absolute atomic E-state index is 0.335. The molecule has 2 rings (SSSR count). The standard InChI is InChI=1S/C27H35FN4/c1-6-11-25(30-9-4)26-24(12-10-15-31-26)21(5)32-16-13-27(28,14-17-32)19-22(7-2)18-23(8-3)20-29/h7,9-12,15,18H,5-6,8,13-14,16-17,19H2,1-4H3/b22-7+,23-18+,25-11-,30-9?. The first-order valence-corrected chi connectivity index (χ1v) is 11.4. The Bertz CT molecular complexity index is 954. The lowest BCUT2D eigenvalue weighted by molar-refractivity contribution is 0.0822. The van der Waals surface area contributed by atoms with Gasteiger partial charge in [-0.1, -0.05) is 32.6 Å². The number of rotatable bonds is 9. The summed E-state index contributed by atoms with van der Waals surface area (Å²) in [6, 6.07) is 6.10. The number of nitriles is 1. The molecule has 0 radical (unpaired) electrons. The van der Waals surface area contributed by atoms with Gasteiger partial charge in [-0.25, -0.2) is 4.39 Å². The predicted molar refractivity (Wildman–Crippen MR) is 133 cm³/mol. The van der Waals surface area contributed by atoms with Crippen LogP contribution < -0.4 is 0 Å². The van der Waals surface area contributed by atoms with Gasteiger partial charge < -0.3 is 4.90 Å². The summed E-state index contributed by atoms with van der Waals surface area (Å²) in [6.07, 6.45) is 12.0. The zero-order chi connectivity index (χ0) is 23.6. The molecular weight excluding hydrogens is 399 g/mol. The van der Waals surface area contributed by atoms with E-state index in [2.05, 4.69) is 40.5 Å². The van der Waals surface area contributed by atoms with Crippen molar-refractivity contribution in [2.45, 2.75) is 65.5 Å². The molecule has 1 aliphatic heterocycles. The smallest absolute Gasteiger partial charge is 0.118 e. The van der Waals surface area contributed by atoms with Crippen LogP contribution in [-0.2, 0) is 0 Å². The van der Waals surface area contributed by atoms with E-state index in [1.807, 2.05) is 45.1 Å². The van der Waals surface area contributed by atoms with E-state index in [4.69, 9.17) is 0 Å². The molecule has 2 heterocycles. The number of pyridine rings is 1. The fourth-order valence-corrected chi connectivity index (χ4v) is 3.95. The molecule has 0 aliphatic carbocycles. The number of likely N-dealkylation sites (tertiary alicyclic amines) is 1. The van der Waals surface area contributed by atoms with Crippen molar-refractivity contribution in [2.24, 2.45) is 4.99 Å². The summed E-state index contributed by atoms with van der Waals surface area (Å²) in [5.74, 6) is 0. The molecule has 0 N–H and O–H groups in total. The monoisotopic (exact) mass is 434 g/mol. The molecule has 0 spiro atoms. The van der Waals surface area contributed by atoms with Crippen LogP contribution in [0.25, 0.3) is 11.4 Å². The Morgan fingerprint density at radius 1 is 1.34 bits per heavy atom. The molecule has 0 saturated carbocycles. The topological polar surface area (TPSA) is 52.3 Å². The van der Waals surface area contributed by atoms with Crippen molar-refractivity contribution in [3.63, 3.8) is 0 Å². The van der Waals surface area contributed by atoms with Crippen LogP contribution in [0.1, 0.15) is 71.1 Å². The zero-order valence-corrected chi connectivity index (χ0v) is 19.9. The molecule has 0 unspecified atom stereocenters. The van der Waals surface area contributed by atoms with Crippen molar-refractivity contribution in [3.8, 4) is 6.07 Å². The van der Waals surface area contributed by atoms with Gasteiger partial charge in [-0.05, 0) is 63.3 Å². The van der Waals surface area contributed by atoms with E-state index in [0.29, 0.717) is 44.3 Å². The molecule has 1 aromatic rings. The number of alkyl halides is 1. The van der Waals surface area contributed by atoms with Crippen molar-refractivity contribution >= 4 is 17.6 Å². The Labute approximate surface area is 192 Å². The Balaban J connectivity index is 2.16. The van der Waals surface area contributed by atoms with E-state index in [1.54, 1.807) is 12.4 Å². The SMILES string of the molecule is C=C(c1cccnc1/C(=C/CC)N=CC)N1CCC(F)(CC(=C/C)/C=C(/C#N)CC)CC1. The molecule has 1 aromatic heterocycles. The summed E-state index contributed by atoms with van der Waals surface area (Å²) in [6.45, 7) is 13.3. The number of halogens is 1. The lowest BCUT2D eigenvalue weighted by atomic mass is 9.85. The summed E-state index contributed by atoms with van der Waals surface area (Å²) in [5.41, 5.74) is 3.72. The van der Waals surface area contributed by atoms with Crippen LogP contribution in [0.5, 0.6) is 0 Å². The molecule has 1 fully saturated rings. The van der Waals surface area contributed by atoms with Crippen molar-refractivity contribution in [3.05, 3.63) is 65.5 Å². The molecule has 0 bridgehead atoms. The van der Waals surface area contributed by atoms with Crippen LogP contribution in [0.3, 0.4) is 0 Å². The van der Waals surface area contributed by atoms with Crippen molar-refractivity contribution in [2.75, 3.05) is 13.1 Å². The van der Waals surface area contributed by atoms with Gasteiger partial charge in [-0.15, -0.1) is 0 Å². The quantitative estimate of drug-likeness (QED) is 0.241. The third kappa shape index (κ3) is 6.50. The predicted octanol–water partition coefficient (Wildman–Crippen LogP) is 6.89. The van der Waals surface area contributed by atoms with Gasteiger partial charge in [-0.3, -0.25) is 9.98 Å². The molecule has 32 heavy (non-hydrogen) atoms. The second-order valence-electron chi connectivity index (χ2n) is 8.04. The molecule has 0 amide bonds. The first kappa shape index (κ1) is 25.3. The fourth-order valence-electron chi connectivity index (χ4n) is 3.95. The molecule has 5 heteroatoms. The van der Waals surface area contributed by atoms with Crippen molar-refractivity contribution < 1.29 is 4.39 Å². The molecule has 1 saturated heterocycles. The maximum atomic E-state index is 15.7. The lowest BCUT2D eigenvalue weighted by Crippen LogP contribution is -2.41. The number of hydrogen-bond donors (Lipinski definition) is 0. The summed E-state index contributed by atoms with van der Waals surface area (Å²) in [4.78, 5) is 11.2. The first-order valence-electron chi connectivity index (χ1n) is 11.4. The highest BCUT2D eigenvalue weighted by atomic mass is 19.1. The molecule has 170 valence electrons. The maximum absolute atomic E-state index is 15.7. The second-order valence-corrected chi connectivity index (χ2v) is 8.04. The lowest BCUT2D eigenvalue weighted by Gasteiger charge is -2.39. The molecule has 1 aliphatic rings. The normalized spacial score (nSPS) is 17.5. The largest absolute Gasteiger partial charge is 0.371 e. The van der Waals surface area contributed by atoms with E-state index in [0.717, 1.165) is 34.6 Å². The third-order valence-corrected chi connectivity index (χ3v) is 5.84. The van der Waals surface area contributed by atoms with Crippen LogP contribution in [0.4, 0.5) is 4.39 Å². The Morgan fingerprint density at radius 3 is 2.62 bits per heavy atom. The van der Waals surface area contributed by atoms with E-state index < -0.39 is 5.67 Å². The van der Waals surface area contributed by atoms with Gasteiger partial charge in [0.05, 0.1) is 17.5 Å². The first-order chi connectivity index (χ1) is 15.4. The average molecular weight is 435 g/mol. The molecule has 4 nitrogen and oxygen atoms in total. The summed E-state index contributed by atoms with van der Waals surface area (Å²) in [7, 11) is 0. The minimum atomic E-state index is -1.28. The summed E-state index contributed by atoms with van der Waals surface area (Å²) in [5, 5.41) is 9.20. The van der Waals surface area contributed by atoms with Crippen LogP contribution >= 0.6 is 0 Å². The highest BCUT2D eigenvalue weighted by Crippen LogP contribution is 2.36. The Kier molecular flexibility index (Phi) is 9.59. The Morgan fingerprint density at radius 2 is 2.06 bits per heavy atom. The second kappa shape index (κ2) is 12.1. The van der Waals surface area contributed by atoms with E-state index in [1.165, 1.54) is 0 Å². The van der Waals surface area contributed by atoms with E-state index in [9.17, 15) is 5.26 Å². The number of hydrogen-bond acceptors (Lipinski definition) is 4. The summed E-state index contributed by atoms with van der Waals surface area (Å²) < 4.78 is 15.7. The van der Waals surface area contributed by atoms with Crippen LogP contribution in [0, 0.1) is 11.3 Å². The number of piperidine rings is 1. The highest BCUT2D eigenvalue weighted by Gasteiger charge is 2.35. The van der Waals surface area contributed by atoms with E-state index >= 15 is 4.39 Å². The van der Waals surface area contributed by atoms with Gasteiger partial charge in [0.25, 0.3) is 0 Å². The van der Waals surface area contributed by atoms with Crippen LogP contribution in [-0.4, -0.2) is 34.9 Å².